The molecule has 1 radical (unpaired) electrons. The summed E-state index contributed by atoms with van der Waals surface area (Å²) in [5.41, 5.74) is 6.11. The third kappa shape index (κ3) is 5.72. The fourth-order valence-corrected chi connectivity index (χ4v) is 12.4. The first-order valence-corrected chi connectivity index (χ1v) is 23.5. The molecule has 0 saturated heterocycles. The van der Waals surface area contributed by atoms with Gasteiger partial charge in [0.15, 0.2) is 0 Å². The van der Waals surface area contributed by atoms with Crippen molar-refractivity contribution in [1.82, 2.24) is 5.11 Å². The maximum atomic E-state index is 12.5. The minimum absolute atomic E-state index is 0.263. The number of aromatic nitrogens is 2. The van der Waals surface area contributed by atoms with Gasteiger partial charge in [0.25, 0.3) is 0 Å². The van der Waals surface area contributed by atoms with Gasteiger partial charge in [0, 0.05) is 0 Å². The Morgan fingerprint density at radius 3 is 1.74 bits per heavy atom. The van der Waals surface area contributed by atoms with Crippen LogP contribution in [0.1, 0.15) is 72.9 Å². The van der Waals surface area contributed by atoms with Crippen LogP contribution >= 0.6 is 0 Å². The Balaban J connectivity index is 1.43. The molecule has 4 aromatic carbocycles. The summed E-state index contributed by atoms with van der Waals surface area (Å²) in [6, 6.07) is 20.5. The molecule has 10 rings (SSSR count). The third-order valence-corrected chi connectivity index (χ3v) is 15.7. The van der Waals surface area contributed by atoms with Crippen molar-refractivity contribution in [2.45, 2.75) is 58.3 Å². The Kier molecular flexibility index (Phi) is 8.61. The molecule has 6 heterocycles. The van der Waals surface area contributed by atoms with Crippen molar-refractivity contribution in [3.63, 3.8) is 0 Å². The number of nitrogens with zero attached hydrogens (tertiary/aromatic N) is 8. The molecule has 13 nitrogen and oxygen atoms in total. The molecule has 6 aromatic rings. The third-order valence-electron chi connectivity index (χ3n) is 10.8. The van der Waals surface area contributed by atoms with Crippen molar-refractivity contribution in [1.29, 1.82) is 0 Å². The van der Waals surface area contributed by atoms with Crippen LogP contribution in [0.5, 0.6) is 11.5 Å². The average molecular weight is 880 g/mol. The van der Waals surface area contributed by atoms with E-state index in [1.807, 2.05) is 36.4 Å². The maximum absolute atomic E-state index is 12.5. The molecule has 0 saturated carbocycles. The van der Waals surface area contributed by atoms with Crippen LogP contribution in [0.4, 0.5) is 11.6 Å². The second-order valence-electron chi connectivity index (χ2n) is 14.5. The molecule has 0 amide bonds. The Hall–Kier alpha value is -5.38. The van der Waals surface area contributed by atoms with Gasteiger partial charge in [-0.05, 0) is 0 Å². The van der Waals surface area contributed by atoms with E-state index < -0.39 is 33.6 Å². The number of fused-ring (bicyclic) bond motifs is 14. The van der Waals surface area contributed by atoms with Gasteiger partial charge in [0.05, 0.1) is 0 Å². The van der Waals surface area contributed by atoms with Crippen LogP contribution in [-0.4, -0.2) is 78.1 Å². The number of hydrogen-bond donors (Lipinski definition) is 1. The summed E-state index contributed by atoms with van der Waals surface area (Å²) >= 11 is -2.44. The molecule has 0 atom stereocenters. The van der Waals surface area contributed by atoms with E-state index in [-0.39, 0.29) is 10.7 Å². The van der Waals surface area contributed by atoms with Crippen LogP contribution < -0.4 is 20.4 Å². The van der Waals surface area contributed by atoms with Gasteiger partial charge in [-0.3, -0.25) is 0 Å². The molecule has 0 spiro atoms. The number of rotatable bonds is 9. The van der Waals surface area contributed by atoms with E-state index in [9.17, 15) is 13.0 Å². The number of aliphatic imine (C=N–C) groups is 4. The van der Waals surface area contributed by atoms with Gasteiger partial charge in [-0.15, -0.1) is 0 Å². The van der Waals surface area contributed by atoms with Gasteiger partial charge in [-0.2, -0.15) is 0 Å². The normalized spacial score (nSPS) is 14.8. The number of amidine groups is 4. The Bertz CT molecular complexity index is 3140. The molecule has 4 aliphatic rings. The first kappa shape index (κ1) is 36.0. The molecule has 2 aromatic heterocycles. The summed E-state index contributed by atoms with van der Waals surface area (Å²) in [7, 11) is -4.55. The Morgan fingerprint density at radius 1 is 0.596 bits per heavy atom. The molecule has 1 N–H and O–H groups in total. The zero-order valence-corrected chi connectivity index (χ0v) is 35.8. The van der Waals surface area contributed by atoms with Gasteiger partial charge in [-0.25, -0.2) is 0 Å². The van der Waals surface area contributed by atoms with E-state index in [1.165, 1.54) is 12.1 Å². The molecule has 4 aliphatic heterocycles. The molecule has 0 fully saturated rings. The number of ether oxygens (including phenoxy) is 2. The van der Waals surface area contributed by atoms with Crippen molar-refractivity contribution in [3.05, 3.63) is 111 Å². The molecule has 283 valence electrons. The van der Waals surface area contributed by atoms with Crippen molar-refractivity contribution in [2.75, 3.05) is 13.2 Å². The first-order chi connectivity index (χ1) is 27.6. The molecular formula is C42H36InN8O5S. The fourth-order valence-electron chi connectivity index (χ4n) is 7.87. The standard InChI is InChI=1S/C42H36N8O5S.In/c1-5-7-19-54-29-17-13-22(3)31-33(29)41-47-37-27-16-15-24(56(51,52)53)21-28(27)38(44-37)48-42-34-30(55-20-8-6-2)18-14-23(4)32(34)40(50-42)46-36-26-12-10-9-11-25(26)35(43-36)45-39(31)49-41;/h9-18,21H,5-8,19-20H2,1-4H3,(H-2,43,44,45,46,47,48,49,50,51,52,53);/q-2;+2. The van der Waals surface area contributed by atoms with E-state index in [0.29, 0.717) is 70.5 Å². The molecule has 6 bridgehead atoms. The molecule has 0 unspecified atom stereocenters. The summed E-state index contributed by atoms with van der Waals surface area (Å²) in [6.45, 7) is 9.44. The van der Waals surface area contributed by atoms with E-state index in [4.69, 9.17) is 39.4 Å². The second-order valence-corrected chi connectivity index (χ2v) is 19.5. The van der Waals surface area contributed by atoms with Crippen molar-refractivity contribution >= 4 is 90.1 Å². The monoisotopic (exact) mass is 879 g/mol. The van der Waals surface area contributed by atoms with Crippen LogP contribution in [0.25, 0.3) is 21.5 Å². The summed E-state index contributed by atoms with van der Waals surface area (Å²) in [6.07, 6.45) is 3.69. The van der Waals surface area contributed by atoms with E-state index in [1.54, 1.807) is 6.07 Å². The minimum atomic E-state index is -4.55. The zero-order chi connectivity index (χ0) is 39.2. The number of hydrogen-bond acceptors (Lipinski definition) is 10. The number of aryl methyl sites for hydroxylation is 2. The number of benzene rings is 4. The van der Waals surface area contributed by atoms with Crippen molar-refractivity contribution in [2.24, 2.45) is 30.0 Å². The van der Waals surface area contributed by atoms with Gasteiger partial charge < -0.3 is 0 Å². The fraction of sp³-hybridized carbons (Fsp3) is 0.238. The summed E-state index contributed by atoms with van der Waals surface area (Å²) in [4.78, 5) is 31.4. The van der Waals surface area contributed by atoms with E-state index in [2.05, 4.69) is 44.9 Å². The topological polar surface area (TPSA) is 157 Å². The summed E-state index contributed by atoms with van der Waals surface area (Å²) < 4.78 is 52.7. The Morgan fingerprint density at radius 2 is 1.12 bits per heavy atom. The van der Waals surface area contributed by atoms with Gasteiger partial charge >= 0.3 is 342 Å². The Labute approximate surface area is 339 Å². The van der Waals surface area contributed by atoms with Gasteiger partial charge in [0.1, 0.15) is 0 Å². The van der Waals surface area contributed by atoms with Crippen molar-refractivity contribution in [3.8, 4) is 11.5 Å². The first-order valence-electron chi connectivity index (χ1n) is 19.1. The van der Waals surface area contributed by atoms with Crippen LogP contribution in [0.2, 0.25) is 0 Å². The van der Waals surface area contributed by atoms with Gasteiger partial charge in [0.2, 0.25) is 0 Å². The van der Waals surface area contributed by atoms with Crippen LogP contribution in [0, 0.1) is 13.8 Å². The van der Waals surface area contributed by atoms with E-state index in [0.717, 1.165) is 75.0 Å². The summed E-state index contributed by atoms with van der Waals surface area (Å²) in [5, 5.41) is 3.38. The second kappa shape index (κ2) is 13.6. The van der Waals surface area contributed by atoms with E-state index >= 15 is 0 Å². The van der Waals surface area contributed by atoms with Crippen molar-refractivity contribution < 1.29 is 22.4 Å². The van der Waals surface area contributed by atoms with Crippen LogP contribution in [0.3, 0.4) is 0 Å². The molecule has 15 heteroatoms. The predicted octanol–water partition coefficient (Wildman–Crippen LogP) is 6.69. The molecular weight excluding hydrogens is 843 g/mol. The quantitative estimate of drug-likeness (QED) is 0.127. The average Bonchev–Trinajstić information content (AvgIpc) is 3.90. The summed E-state index contributed by atoms with van der Waals surface area (Å²) in [5.74, 6) is 4.38. The predicted molar refractivity (Wildman–Crippen MR) is 221 cm³/mol. The molecule has 57 heavy (non-hydrogen) atoms. The molecule has 0 aliphatic carbocycles. The van der Waals surface area contributed by atoms with Crippen LogP contribution in [0.15, 0.2) is 102 Å². The van der Waals surface area contributed by atoms with Crippen LogP contribution in [-0.2, 0) is 10.1 Å². The SMILES string of the molecule is CCCCOc1ccc(C)c2c3[n]4c(c12)N=C1N=C(N=c2c5c(OCCCC)ccc(C)c5c([n]2[In]4)=NC2=NC(=N3)c3ccccc32)c2ccc(S(=O)(=O)O)cc21. The van der Waals surface area contributed by atoms with Gasteiger partial charge in [-0.1, -0.05) is 0 Å². The number of unbranched alkanes of at least 4 members (excludes halogenated alkanes) is 2. The zero-order valence-electron chi connectivity index (χ0n) is 31.7.